The van der Waals surface area contributed by atoms with Crippen molar-refractivity contribution < 1.29 is 9.59 Å². The molecule has 128 valence electrons. The molecule has 0 atom stereocenters. The minimum absolute atomic E-state index is 0.143. The van der Waals surface area contributed by atoms with E-state index in [2.05, 4.69) is 4.98 Å². The normalized spacial score (nSPS) is 15.5. The summed E-state index contributed by atoms with van der Waals surface area (Å²) in [7, 11) is 0. The second-order valence-corrected chi connectivity index (χ2v) is 6.40. The van der Waals surface area contributed by atoms with Gasteiger partial charge in [0, 0.05) is 49.7 Å². The maximum absolute atomic E-state index is 12.7. The van der Waals surface area contributed by atoms with Gasteiger partial charge in [0.1, 0.15) is 0 Å². The van der Waals surface area contributed by atoms with Gasteiger partial charge in [-0.25, -0.2) is 0 Å². The Hall–Kier alpha value is -2.30. The number of H-pyrrole nitrogens is 1. The Morgan fingerprint density at radius 1 is 1.04 bits per heavy atom. The van der Waals surface area contributed by atoms with Crippen LogP contribution in [0.15, 0.2) is 30.5 Å². The van der Waals surface area contributed by atoms with Gasteiger partial charge in [-0.1, -0.05) is 25.1 Å². The van der Waals surface area contributed by atoms with Crippen molar-refractivity contribution in [3.05, 3.63) is 36.0 Å². The van der Waals surface area contributed by atoms with Crippen molar-refractivity contribution in [2.75, 3.05) is 26.2 Å². The summed E-state index contributed by atoms with van der Waals surface area (Å²) in [6, 6.07) is 8.04. The Morgan fingerprint density at radius 3 is 2.50 bits per heavy atom. The van der Waals surface area contributed by atoms with Crippen molar-refractivity contribution >= 4 is 22.7 Å². The Kier molecular flexibility index (Phi) is 5.18. The molecule has 5 heteroatoms. The lowest BCUT2D eigenvalue weighted by atomic mass is 10.1. The summed E-state index contributed by atoms with van der Waals surface area (Å²) >= 11 is 0. The number of fused-ring (bicyclic) bond motifs is 1. The van der Waals surface area contributed by atoms with Crippen LogP contribution < -0.4 is 0 Å². The average Bonchev–Trinajstić information content (AvgIpc) is 2.82. The number of para-hydroxylation sites is 1. The van der Waals surface area contributed by atoms with Gasteiger partial charge in [0.15, 0.2) is 0 Å². The molecule has 0 aliphatic carbocycles. The molecular weight excluding hydrogens is 302 g/mol. The number of amides is 2. The third-order valence-corrected chi connectivity index (χ3v) is 4.68. The maximum Gasteiger partial charge on any atom is 0.227 e. The lowest BCUT2D eigenvalue weighted by Crippen LogP contribution is -2.37. The van der Waals surface area contributed by atoms with Gasteiger partial charge in [-0.05, 0) is 24.5 Å². The molecule has 1 aliphatic rings. The molecule has 0 radical (unpaired) electrons. The summed E-state index contributed by atoms with van der Waals surface area (Å²) in [5.74, 6) is 0.355. The summed E-state index contributed by atoms with van der Waals surface area (Å²) in [5.41, 5.74) is 2.10. The first-order chi connectivity index (χ1) is 11.7. The third-order valence-electron chi connectivity index (χ3n) is 4.68. The van der Waals surface area contributed by atoms with E-state index in [1.54, 1.807) is 0 Å². The average molecular weight is 327 g/mol. The van der Waals surface area contributed by atoms with Crippen LogP contribution in [0, 0.1) is 0 Å². The molecule has 24 heavy (non-hydrogen) atoms. The molecule has 2 heterocycles. The second kappa shape index (κ2) is 7.51. The van der Waals surface area contributed by atoms with Crippen molar-refractivity contribution in [3.8, 4) is 0 Å². The highest BCUT2D eigenvalue weighted by atomic mass is 16.2. The SMILES string of the molecule is CCCC(=O)N1CCCN(C(=O)Cc2c[nH]c3ccccc23)CC1. The van der Waals surface area contributed by atoms with Gasteiger partial charge in [0.2, 0.25) is 11.8 Å². The summed E-state index contributed by atoms with van der Waals surface area (Å²) < 4.78 is 0. The van der Waals surface area contributed by atoms with Crippen molar-refractivity contribution in [3.63, 3.8) is 0 Å². The lowest BCUT2D eigenvalue weighted by Gasteiger charge is -2.22. The highest BCUT2D eigenvalue weighted by molar-refractivity contribution is 5.89. The number of rotatable bonds is 4. The largest absolute Gasteiger partial charge is 0.361 e. The predicted octanol–water partition coefficient (Wildman–Crippen LogP) is 2.57. The summed E-state index contributed by atoms with van der Waals surface area (Å²) in [6.45, 7) is 4.80. The van der Waals surface area contributed by atoms with Crippen LogP contribution in [-0.2, 0) is 16.0 Å². The first kappa shape index (κ1) is 16.6. The number of benzene rings is 1. The fourth-order valence-corrected chi connectivity index (χ4v) is 3.34. The second-order valence-electron chi connectivity index (χ2n) is 6.40. The Labute approximate surface area is 142 Å². The number of hydrogen-bond donors (Lipinski definition) is 1. The first-order valence-corrected chi connectivity index (χ1v) is 8.79. The fraction of sp³-hybridized carbons (Fsp3) is 0.474. The predicted molar refractivity (Wildman–Crippen MR) is 94.7 cm³/mol. The first-order valence-electron chi connectivity index (χ1n) is 8.79. The molecule has 0 unspecified atom stereocenters. The lowest BCUT2D eigenvalue weighted by molar-refractivity contribution is -0.133. The van der Waals surface area contributed by atoms with Crippen LogP contribution in [0.5, 0.6) is 0 Å². The summed E-state index contributed by atoms with van der Waals surface area (Å²) in [4.78, 5) is 31.8. The standard InChI is InChI=1S/C19H25N3O2/c1-2-6-18(23)21-9-5-10-22(12-11-21)19(24)13-15-14-20-17-8-4-3-7-16(15)17/h3-4,7-8,14,20H,2,5-6,9-13H2,1H3. The molecule has 1 fully saturated rings. The Bertz CT molecular complexity index is 722. The van der Waals surface area contributed by atoms with Crippen LogP contribution in [-0.4, -0.2) is 52.8 Å². The van der Waals surface area contributed by atoms with Gasteiger partial charge in [-0.3, -0.25) is 9.59 Å². The molecule has 2 aromatic rings. The van der Waals surface area contributed by atoms with Gasteiger partial charge in [-0.2, -0.15) is 0 Å². The van der Waals surface area contributed by atoms with E-state index >= 15 is 0 Å². The minimum atomic E-state index is 0.143. The van der Waals surface area contributed by atoms with E-state index in [0.717, 1.165) is 42.4 Å². The number of nitrogens with zero attached hydrogens (tertiary/aromatic N) is 2. The number of carbonyl (C=O) groups is 2. The number of hydrogen-bond acceptors (Lipinski definition) is 2. The van der Waals surface area contributed by atoms with Crippen LogP contribution in [0.2, 0.25) is 0 Å². The molecule has 1 aromatic heterocycles. The number of carbonyl (C=O) groups excluding carboxylic acids is 2. The highest BCUT2D eigenvalue weighted by Crippen LogP contribution is 2.19. The third kappa shape index (κ3) is 3.61. The van der Waals surface area contributed by atoms with E-state index in [1.807, 2.05) is 47.2 Å². The van der Waals surface area contributed by atoms with Gasteiger partial charge >= 0.3 is 0 Å². The van der Waals surface area contributed by atoms with E-state index in [9.17, 15) is 9.59 Å². The van der Waals surface area contributed by atoms with E-state index in [-0.39, 0.29) is 11.8 Å². The molecular formula is C19H25N3O2. The number of nitrogens with one attached hydrogen (secondary N) is 1. The molecule has 2 amide bonds. The molecule has 1 saturated heterocycles. The molecule has 0 spiro atoms. The number of aromatic nitrogens is 1. The number of aromatic amines is 1. The van der Waals surface area contributed by atoms with Gasteiger partial charge < -0.3 is 14.8 Å². The molecule has 1 N–H and O–H groups in total. The minimum Gasteiger partial charge on any atom is -0.361 e. The molecule has 0 saturated carbocycles. The van der Waals surface area contributed by atoms with Crippen molar-refractivity contribution in [1.82, 2.24) is 14.8 Å². The quantitative estimate of drug-likeness (QED) is 0.938. The zero-order valence-electron chi connectivity index (χ0n) is 14.3. The molecule has 1 aliphatic heterocycles. The van der Waals surface area contributed by atoms with Crippen LogP contribution in [0.1, 0.15) is 31.7 Å². The fourth-order valence-electron chi connectivity index (χ4n) is 3.34. The van der Waals surface area contributed by atoms with E-state index in [4.69, 9.17) is 0 Å². The monoisotopic (exact) mass is 327 g/mol. The van der Waals surface area contributed by atoms with Crippen molar-refractivity contribution in [2.24, 2.45) is 0 Å². The highest BCUT2D eigenvalue weighted by Gasteiger charge is 2.22. The van der Waals surface area contributed by atoms with Crippen LogP contribution in [0.3, 0.4) is 0 Å². The summed E-state index contributed by atoms with van der Waals surface area (Å²) in [5, 5.41) is 1.11. The van der Waals surface area contributed by atoms with Crippen LogP contribution in [0.25, 0.3) is 10.9 Å². The smallest absolute Gasteiger partial charge is 0.227 e. The van der Waals surface area contributed by atoms with Crippen LogP contribution >= 0.6 is 0 Å². The topological polar surface area (TPSA) is 56.4 Å². The Balaban J connectivity index is 1.62. The molecule has 3 rings (SSSR count). The maximum atomic E-state index is 12.7. The zero-order valence-corrected chi connectivity index (χ0v) is 14.3. The van der Waals surface area contributed by atoms with Gasteiger partial charge in [0.25, 0.3) is 0 Å². The van der Waals surface area contributed by atoms with E-state index in [0.29, 0.717) is 25.9 Å². The molecule has 5 nitrogen and oxygen atoms in total. The van der Waals surface area contributed by atoms with E-state index < -0.39 is 0 Å². The Morgan fingerprint density at radius 2 is 1.75 bits per heavy atom. The van der Waals surface area contributed by atoms with Gasteiger partial charge in [-0.15, -0.1) is 0 Å². The van der Waals surface area contributed by atoms with Crippen molar-refractivity contribution in [1.29, 1.82) is 0 Å². The van der Waals surface area contributed by atoms with Crippen molar-refractivity contribution in [2.45, 2.75) is 32.6 Å². The molecule has 1 aromatic carbocycles. The summed E-state index contributed by atoms with van der Waals surface area (Å²) in [6.07, 6.45) is 4.67. The van der Waals surface area contributed by atoms with E-state index in [1.165, 1.54) is 0 Å². The molecule has 0 bridgehead atoms. The van der Waals surface area contributed by atoms with Gasteiger partial charge in [0.05, 0.1) is 6.42 Å². The zero-order chi connectivity index (χ0) is 16.9. The van der Waals surface area contributed by atoms with Crippen LogP contribution in [0.4, 0.5) is 0 Å².